The summed E-state index contributed by atoms with van der Waals surface area (Å²) in [5.41, 5.74) is 1.74. The molecule has 2 aromatic rings. The molecule has 0 radical (unpaired) electrons. The Kier molecular flexibility index (Phi) is 3.09. The zero-order valence-electron chi connectivity index (χ0n) is 7.69. The van der Waals surface area contributed by atoms with E-state index < -0.39 is 0 Å². The number of aliphatic hydroxyl groups is 1. The summed E-state index contributed by atoms with van der Waals surface area (Å²) in [6.07, 6.45) is 3.30. The molecule has 1 heterocycles. The Labute approximate surface area is 100 Å². The number of hydrogen-bond acceptors (Lipinski definition) is 2. The first-order valence-electron chi connectivity index (χ1n) is 4.30. The van der Waals surface area contributed by atoms with E-state index in [1.807, 2.05) is 18.2 Å². The summed E-state index contributed by atoms with van der Waals surface area (Å²) in [7, 11) is 0. The number of aromatic nitrogens is 2. The standard InChI is InChI=1S/C10H8BrClN2O/c11-10-3-9(2-1-7(10)6-15)14-5-8(12)4-13-14/h1-5,15H,6H2. The van der Waals surface area contributed by atoms with Gasteiger partial charge in [0.1, 0.15) is 0 Å². The lowest BCUT2D eigenvalue weighted by molar-refractivity contribution is 0.281. The normalized spacial score (nSPS) is 10.6. The third kappa shape index (κ3) is 2.22. The number of benzene rings is 1. The summed E-state index contributed by atoms with van der Waals surface area (Å²) in [4.78, 5) is 0. The van der Waals surface area contributed by atoms with E-state index in [2.05, 4.69) is 21.0 Å². The van der Waals surface area contributed by atoms with Crippen LogP contribution in [-0.4, -0.2) is 14.9 Å². The molecule has 0 amide bonds. The van der Waals surface area contributed by atoms with Crippen molar-refractivity contribution in [2.75, 3.05) is 0 Å². The van der Waals surface area contributed by atoms with Gasteiger partial charge in [0.25, 0.3) is 0 Å². The first kappa shape index (κ1) is 10.7. The molecule has 1 N–H and O–H groups in total. The van der Waals surface area contributed by atoms with E-state index in [1.54, 1.807) is 17.1 Å². The van der Waals surface area contributed by atoms with Gasteiger partial charge in [-0.15, -0.1) is 0 Å². The second kappa shape index (κ2) is 4.35. The molecule has 0 atom stereocenters. The number of rotatable bonds is 2. The van der Waals surface area contributed by atoms with Crippen LogP contribution in [0.25, 0.3) is 5.69 Å². The number of nitrogens with zero attached hydrogens (tertiary/aromatic N) is 2. The zero-order chi connectivity index (χ0) is 10.8. The van der Waals surface area contributed by atoms with Crippen LogP contribution in [0.5, 0.6) is 0 Å². The zero-order valence-corrected chi connectivity index (χ0v) is 10.0. The van der Waals surface area contributed by atoms with Crippen LogP contribution in [0.3, 0.4) is 0 Å². The van der Waals surface area contributed by atoms with Crippen molar-refractivity contribution in [1.82, 2.24) is 9.78 Å². The Balaban J connectivity index is 2.42. The molecule has 78 valence electrons. The Morgan fingerprint density at radius 1 is 1.47 bits per heavy atom. The highest BCUT2D eigenvalue weighted by Gasteiger charge is 2.03. The monoisotopic (exact) mass is 286 g/mol. The van der Waals surface area contributed by atoms with Crippen molar-refractivity contribution in [3.63, 3.8) is 0 Å². The van der Waals surface area contributed by atoms with Gasteiger partial charge in [-0.3, -0.25) is 0 Å². The molecule has 0 bridgehead atoms. The van der Waals surface area contributed by atoms with Crippen LogP contribution >= 0.6 is 27.5 Å². The average Bonchev–Trinajstić information content (AvgIpc) is 2.65. The molecule has 0 saturated carbocycles. The van der Waals surface area contributed by atoms with E-state index in [0.29, 0.717) is 5.02 Å². The predicted octanol–water partition coefficient (Wildman–Crippen LogP) is 2.78. The fourth-order valence-corrected chi connectivity index (χ4v) is 1.88. The first-order chi connectivity index (χ1) is 7.20. The minimum Gasteiger partial charge on any atom is -0.392 e. The van der Waals surface area contributed by atoms with Gasteiger partial charge in [-0.25, -0.2) is 4.68 Å². The molecule has 0 fully saturated rings. The van der Waals surface area contributed by atoms with Crippen LogP contribution in [0.15, 0.2) is 35.1 Å². The van der Waals surface area contributed by atoms with E-state index in [0.717, 1.165) is 15.7 Å². The summed E-state index contributed by atoms with van der Waals surface area (Å²) in [6.45, 7) is 0.0146. The largest absolute Gasteiger partial charge is 0.392 e. The summed E-state index contributed by atoms with van der Waals surface area (Å²) in [6, 6.07) is 5.60. The van der Waals surface area contributed by atoms with Crippen molar-refractivity contribution in [3.8, 4) is 5.69 Å². The van der Waals surface area contributed by atoms with Gasteiger partial charge in [-0.05, 0) is 17.7 Å². The van der Waals surface area contributed by atoms with E-state index >= 15 is 0 Å². The second-order valence-electron chi connectivity index (χ2n) is 3.04. The maximum atomic E-state index is 9.01. The van der Waals surface area contributed by atoms with Crippen molar-refractivity contribution < 1.29 is 5.11 Å². The van der Waals surface area contributed by atoms with Crippen LogP contribution in [0.2, 0.25) is 5.02 Å². The van der Waals surface area contributed by atoms with Crippen molar-refractivity contribution in [2.45, 2.75) is 6.61 Å². The third-order valence-corrected chi connectivity index (χ3v) is 2.96. The number of hydrogen-bond donors (Lipinski definition) is 1. The molecule has 0 unspecified atom stereocenters. The first-order valence-corrected chi connectivity index (χ1v) is 5.47. The van der Waals surface area contributed by atoms with Crippen molar-refractivity contribution in [3.05, 3.63) is 45.7 Å². The molecule has 2 rings (SSSR count). The highest BCUT2D eigenvalue weighted by atomic mass is 79.9. The van der Waals surface area contributed by atoms with Crippen LogP contribution in [-0.2, 0) is 6.61 Å². The molecule has 0 aliphatic heterocycles. The fraction of sp³-hybridized carbons (Fsp3) is 0.100. The highest BCUT2D eigenvalue weighted by Crippen LogP contribution is 2.21. The minimum atomic E-state index is 0.0146. The third-order valence-electron chi connectivity index (χ3n) is 2.02. The fourth-order valence-electron chi connectivity index (χ4n) is 1.25. The predicted molar refractivity (Wildman–Crippen MR) is 62.2 cm³/mol. The Morgan fingerprint density at radius 2 is 2.27 bits per heavy atom. The van der Waals surface area contributed by atoms with Gasteiger partial charge in [0.05, 0.1) is 23.5 Å². The summed E-state index contributed by atoms with van der Waals surface area (Å²) < 4.78 is 2.53. The summed E-state index contributed by atoms with van der Waals surface area (Å²) in [5.74, 6) is 0. The molecule has 0 spiro atoms. The van der Waals surface area contributed by atoms with Gasteiger partial charge >= 0.3 is 0 Å². The van der Waals surface area contributed by atoms with Gasteiger partial charge in [-0.2, -0.15) is 5.10 Å². The van der Waals surface area contributed by atoms with Crippen molar-refractivity contribution >= 4 is 27.5 Å². The van der Waals surface area contributed by atoms with Gasteiger partial charge < -0.3 is 5.11 Å². The van der Waals surface area contributed by atoms with Gasteiger partial charge in [0, 0.05) is 10.7 Å². The van der Waals surface area contributed by atoms with Crippen molar-refractivity contribution in [1.29, 1.82) is 0 Å². The smallest absolute Gasteiger partial charge is 0.0790 e. The van der Waals surface area contributed by atoms with E-state index in [4.69, 9.17) is 16.7 Å². The molecule has 5 heteroatoms. The van der Waals surface area contributed by atoms with E-state index in [-0.39, 0.29) is 6.61 Å². The van der Waals surface area contributed by atoms with E-state index in [1.165, 1.54) is 0 Å². The number of halogens is 2. The molecule has 1 aromatic carbocycles. The molecular formula is C10H8BrClN2O. The van der Waals surface area contributed by atoms with Crippen LogP contribution < -0.4 is 0 Å². The SMILES string of the molecule is OCc1ccc(-n2cc(Cl)cn2)cc1Br. The Morgan fingerprint density at radius 3 is 2.80 bits per heavy atom. The molecule has 15 heavy (non-hydrogen) atoms. The van der Waals surface area contributed by atoms with Crippen LogP contribution in [0, 0.1) is 0 Å². The lowest BCUT2D eigenvalue weighted by atomic mass is 10.2. The molecule has 3 nitrogen and oxygen atoms in total. The molecule has 0 aliphatic rings. The molecular weight excluding hydrogens is 279 g/mol. The Hall–Kier alpha value is -0.840. The maximum Gasteiger partial charge on any atom is 0.0790 e. The number of aliphatic hydroxyl groups excluding tert-OH is 1. The topological polar surface area (TPSA) is 38.0 Å². The molecule has 0 aliphatic carbocycles. The Bertz CT molecular complexity index is 484. The lowest BCUT2D eigenvalue weighted by Gasteiger charge is -2.04. The highest BCUT2D eigenvalue weighted by molar-refractivity contribution is 9.10. The van der Waals surface area contributed by atoms with Crippen LogP contribution in [0.1, 0.15) is 5.56 Å². The summed E-state index contributed by atoms with van der Waals surface area (Å²) in [5, 5.41) is 13.7. The maximum absolute atomic E-state index is 9.01. The van der Waals surface area contributed by atoms with Gasteiger partial charge in [0.15, 0.2) is 0 Å². The second-order valence-corrected chi connectivity index (χ2v) is 4.33. The van der Waals surface area contributed by atoms with Crippen molar-refractivity contribution in [2.24, 2.45) is 0 Å². The quantitative estimate of drug-likeness (QED) is 0.922. The average molecular weight is 288 g/mol. The van der Waals surface area contributed by atoms with Gasteiger partial charge in [0.2, 0.25) is 0 Å². The van der Waals surface area contributed by atoms with E-state index in [9.17, 15) is 0 Å². The molecule has 1 aromatic heterocycles. The van der Waals surface area contributed by atoms with Crippen LogP contribution in [0.4, 0.5) is 0 Å². The molecule has 0 saturated heterocycles. The lowest BCUT2D eigenvalue weighted by Crippen LogP contribution is -1.95. The van der Waals surface area contributed by atoms with Gasteiger partial charge in [-0.1, -0.05) is 33.6 Å². The summed E-state index contributed by atoms with van der Waals surface area (Å²) >= 11 is 9.15. The minimum absolute atomic E-state index is 0.0146.